The van der Waals surface area contributed by atoms with Crippen molar-refractivity contribution in [2.45, 2.75) is 32.5 Å². The quantitative estimate of drug-likeness (QED) is 0.618. The monoisotopic (exact) mass is 187 g/mol. The van der Waals surface area contributed by atoms with Crippen LogP contribution in [0.1, 0.15) is 20.3 Å². The minimum atomic E-state index is -0.956. The first-order chi connectivity index (χ1) is 6.06. The van der Waals surface area contributed by atoms with Gasteiger partial charge in [0.05, 0.1) is 6.10 Å². The van der Waals surface area contributed by atoms with Crippen LogP contribution in [0.2, 0.25) is 0 Å². The lowest BCUT2D eigenvalue weighted by atomic mass is 10.0. The van der Waals surface area contributed by atoms with Crippen molar-refractivity contribution < 1.29 is 15.0 Å². The van der Waals surface area contributed by atoms with Crippen LogP contribution in [0.25, 0.3) is 0 Å². The van der Waals surface area contributed by atoms with E-state index < -0.39 is 12.2 Å². The van der Waals surface area contributed by atoms with Gasteiger partial charge >= 0.3 is 0 Å². The number of aliphatic hydroxyl groups is 2. The van der Waals surface area contributed by atoms with Crippen molar-refractivity contribution in [2.24, 2.45) is 5.92 Å². The predicted molar refractivity (Wildman–Crippen MR) is 48.0 cm³/mol. The third-order valence-corrected chi connectivity index (χ3v) is 2.60. The number of β-amino-alcohol motifs (C(OH)–C–C–N with tert-alkyl or cyclic N) is 1. The molecule has 3 atom stereocenters. The summed E-state index contributed by atoms with van der Waals surface area (Å²) in [5.41, 5.74) is 0. The Bertz CT molecular complexity index is 193. The molecule has 0 aromatic rings. The van der Waals surface area contributed by atoms with Crippen LogP contribution in [0.3, 0.4) is 0 Å². The van der Waals surface area contributed by atoms with E-state index in [-0.39, 0.29) is 11.8 Å². The van der Waals surface area contributed by atoms with Crippen molar-refractivity contribution in [2.75, 3.05) is 13.1 Å². The van der Waals surface area contributed by atoms with Gasteiger partial charge < -0.3 is 15.1 Å². The molecule has 0 saturated carbocycles. The molecule has 0 bridgehead atoms. The van der Waals surface area contributed by atoms with Crippen molar-refractivity contribution >= 4 is 5.91 Å². The molecule has 76 valence electrons. The average molecular weight is 187 g/mol. The molecular formula is C9H17NO3. The lowest BCUT2D eigenvalue weighted by Crippen LogP contribution is -2.36. The summed E-state index contributed by atoms with van der Waals surface area (Å²) >= 11 is 0. The Balaban J connectivity index is 2.53. The fourth-order valence-electron chi connectivity index (χ4n) is 1.70. The number of carbonyl (C=O) groups is 1. The first kappa shape index (κ1) is 10.5. The van der Waals surface area contributed by atoms with Crippen LogP contribution in [-0.4, -0.2) is 46.3 Å². The molecule has 13 heavy (non-hydrogen) atoms. The zero-order valence-electron chi connectivity index (χ0n) is 8.10. The van der Waals surface area contributed by atoms with Gasteiger partial charge in [-0.3, -0.25) is 4.79 Å². The molecule has 1 heterocycles. The van der Waals surface area contributed by atoms with Crippen LogP contribution >= 0.6 is 0 Å². The smallest absolute Gasteiger partial charge is 0.251 e. The van der Waals surface area contributed by atoms with Crippen molar-refractivity contribution in [3.05, 3.63) is 0 Å². The van der Waals surface area contributed by atoms with E-state index in [1.165, 1.54) is 11.8 Å². The zero-order chi connectivity index (χ0) is 10.0. The van der Waals surface area contributed by atoms with Crippen LogP contribution in [-0.2, 0) is 4.79 Å². The summed E-state index contributed by atoms with van der Waals surface area (Å²) in [6.07, 6.45) is -0.513. The Labute approximate surface area is 78.2 Å². The van der Waals surface area contributed by atoms with Gasteiger partial charge in [0, 0.05) is 19.0 Å². The second-order valence-corrected chi connectivity index (χ2v) is 3.65. The van der Waals surface area contributed by atoms with Gasteiger partial charge in [-0.25, -0.2) is 0 Å². The van der Waals surface area contributed by atoms with Crippen molar-refractivity contribution in [3.63, 3.8) is 0 Å². The van der Waals surface area contributed by atoms with Crippen LogP contribution in [0.4, 0.5) is 0 Å². The molecule has 1 aliphatic heterocycles. The first-order valence-electron chi connectivity index (χ1n) is 4.71. The predicted octanol–water partition coefficient (Wildman–Crippen LogP) is -0.404. The van der Waals surface area contributed by atoms with Crippen LogP contribution in [0, 0.1) is 5.92 Å². The Hall–Kier alpha value is -0.610. The third-order valence-electron chi connectivity index (χ3n) is 2.60. The van der Waals surface area contributed by atoms with E-state index in [0.717, 1.165) is 6.42 Å². The lowest BCUT2D eigenvalue weighted by molar-refractivity contribution is -0.138. The molecule has 1 unspecified atom stereocenters. The molecular weight excluding hydrogens is 170 g/mol. The molecule has 1 amide bonds. The summed E-state index contributed by atoms with van der Waals surface area (Å²) in [5.74, 6) is -0.113. The minimum absolute atomic E-state index is 0.169. The van der Waals surface area contributed by atoms with Crippen molar-refractivity contribution in [1.82, 2.24) is 4.90 Å². The van der Waals surface area contributed by atoms with Crippen LogP contribution < -0.4 is 0 Å². The van der Waals surface area contributed by atoms with Crippen molar-refractivity contribution in [1.29, 1.82) is 0 Å². The maximum Gasteiger partial charge on any atom is 0.251 e. The summed E-state index contributed by atoms with van der Waals surface area (Å²) in [7, 11) is 0. The molecule has 1 saturated heterocycles. The molecule has 1 aliphatic rings. The molecule has 4 heteroatoms. The molecule has 0 aromatic carbocycles. The highest BCUT2D eigenvalue weighted by Crippen LogP contribution is 2.20. The van der Waals surface area contributed by atoms with Crippen molar-refractivity contribution in [3.8, 4) is 0 Å². The number of aliphatic hydroxyl groups excluding tert-OH is 2. The topological polar surface area (TPSA) is 60.8 Å². The summed E-state index contributed by atoms with van der Waals surface area (Å²) in [5, 5.41) is 18.6. The van der Waals surface area contributed by atoms with E-state index in [2.05, 4.69) is 0 Å². The van der Waals surface area contributed by atoms with Gasteiger partial charge in [-0.15, -0.1) is 0 Å². The Morgan fingerprint density at radius 1 is 1.62 bits per heavy atom. The van der Waals surface area contributed by atoms with E-state index in [1.54, 1.807) is 0 Å². The summed E-state index contributed by atoms with van der Waals surface area (Å²) in [6, 6.07) is 0. The summed E-state index contributed by atoms with van der Waals surface area (Å²) in [4.78, 5) is 12.8. The van der Waals surface area contributed by atoms with Gasteiger partial charge in [-0.1, -0.05) is 6.92 Å². The number of nitrogens with zero attached hydrogens (tertiary/aromatic N) is 1. The largest absolute Gasteiger partial charge is 0.391 e. The van der Waals surface area contributed by atoms with Gasteiger partial charge in [0.1, 0.15) is 6.10 Å². The zero-order valence-corrected chi connectivity index (χ0v) is 8.10. The van der Waals surface area contributed by atoms with E-state index in [9.17, 15) is 9.90 Å². The SMILES string of the molecule is CCC1CN(C(=O)[C@H](C)O)C[C@@H]1O. The van der Waals surface area contributed by atoms with E-state index in [4.69, 9.17) is 5.11 Å². The van der Waals surface area contributed by atoms with E-state index in [1.807, 2.05) is 6.92 Å². The maximum absolute atomic E-state index is 11.3. The Morgan fingerprint density at radius 3 is 2.62 bits per heavy atom. The first-order valence-corrected chi connectivity index (χ1v) is 4.71. The highest BCUT2D eigenvalue weighted by molar-refractivity contribution is 5.80. The highest BCUT2D eigenvalue weighted by Gasteiger charge is 2.33. The summed E-state index contributed by atoms with van der Waals surface area (Å²) in [6.45, 7) is 4.38. The van der Waals surface area contributed by atoms with E-state index >= 15 is 0 Å². The number of amides is 1. The van der Waals surface area contributed by atoms with E-state index in [0.29, 0.717) is 13.1 Å². The Morgan fingerprint density at radius 2 is 2.23 bits per heavy atom. The molecule has 4 nitrogen and oxygen atoms in total. The molecule has 1 rings (SSSR count). The number of likely N-dealkylation sites (tertiary alicyclic amines) is 1. The van der Waals surface area contributed by atoms with Crippen LogP contribution in [0.15, 0.2) is 0 Å². The molecule has 0 spiro atoms. The maximum atomic E-state index is 11.3. The standard InChI is InChI=1S/C9H17NO3/c1-3-7-4-10(5-8(7)12)9(13)6(2)11/h6-8,11-12H,3-5H2,1-2H3/t6-,7?,8-/m0/s1. The lowest BCUT2D eigenvalue weighted by Gasteiger charge is -2.17. The fraction of sp³-hybridized carbons (Fsp3) is 0.889. The summed E-state index contributed by atoms with van der Waals surface area (Å²) < 4.78 is 0. The van der Waals surface area contributed by atoms with Gasteiger partial charge in [0.25, 0.3) is 5.91 Å². The second kappa shape index (κ2) is 4.07. The average Bonchev–Trinajstić information content (AvgIpc) is 2.45. The fourth-order valence-corrected chi connectivity index (χ4v) is 1.70. The Kier molecular flexibility index (Phi) is 3.27. The van der Waals surface area contributed by atoms with Gasteiger partial charge in [0.2, 0.25) is 0 Å². The van der Waals surface area contributed by atoms with Gasteiger partial charge in [-0.05, 0) is 13.3 Å². The molecule has 0 aromatic heterocycles. The molecule has 2 N–H and O–H groups in total. The normalized spacial score (nSPS) is 30.6. The highest BCUT2D eigenvalue weighted by atomic mass is 16.3. The number of hydrogen-bond donors (Lipinski definition) is 2. The molecule has 1 fully saturated rings. The molecule has 0 aliphatic carbocycles. The minimum Gasteiger partial charge on any atom is -0.391 e. The number of rotatable bonds is 2. The number of carbonyl (C=O) groups excluding carboxylic acids is 1. The molecule has 0 radical (unpaired) electrons. The third kappa shape index (κ3) is 2.19. The van der Waals surface area contributed by atoms with Gasteiger partial charge in [-0.2, -0.15) is 0 Å². The van der Waals surface area contributed by atoms with Gasteiger partial charge in [0.15, 0.2) is 0 Å². The second-order valence-electron chi connectivity index (χ2n) is 3.65. The number of hydrogen-bond acceptors (Lipinski definition) is 3. The van der Waals surface area contributed by atoms with Crippen LogP contribution in [0.5, 0.6) is 0 Å².